The largest absolute Gasteiger partial charge is 0.464 e. The first kappa shape index (κ1) is 18.1. The van der Waals surface area contributed by atoms with Crippen molar-refractivity contribution in [3.8, 4) is 11.5 Å². The maximum atomic E-state index is 12.9. The lowest BCUT2D eigenvalue weighted by Gasteiger charge is -2.40. The second-order valence-electron chi connectivity index (χ2n) is 7.56. The van der Waals surface area contributed by atoms with Crippen molar-refractivity contribution in [3.05, 3.63) is 23.8 Å². The van der Waals surface area contributed by atoms with Gasteiger partial charge in [0.2, 0.25) is 6.79 Å². The maximum absolute atomic E-state index is 12.9. The second-order valence-corrected chi connectivity index (χ2v) is 7.56. The topological polar surface area (TPSA) is 48.0 Å². The lowest BCUT2D eigenvalue weighted by molar-refractivity contribution is -0.155. The van der Waals surface area contributed by atoms with Gasteiger partial charge in [-0.3, -0.25) is 9.69 Å². The summed E-state index contributed by atoms with van der Waals surface area (Å²) in [6, 6.07) is 6.68. The lowest BCUT2D eigenvalue weighted by atomic mass is 9.64. The van der Waals surface area contributed by atoms with Gasteiger partial charge in [-0.1, -0.05) is 12.5 Å². The molecule has 1 aliphatic heterocycles. The fourth-order valence-corrected chi connectivity index (χ4v) is 3.83. The summed E-state index contributed by atoms with van der Waals surface area (Å²) in [7, 11) is 0. The Morgan fingerprint density at radius 3 is 2.44 bits per heavy atom. The molecule has 1 aliphatic carbocycles. The minimum absolute atomic E-state index is 0.106. The molecule has 25 heavy (non-hydrogen) atoms. The fourth-order valence-electron chi connectivity index (χ4n) is 3.83. The van der Waals surface area contributed by atoms with Gasteiger partial charge in [0, 0.05) is 18.6 Å². The van der Waals surface area contributed by atoms with Crippen LogP contribution in [0, 0.1) is 0 Å². The van der Waals surface area contributed by atoms with E-state index in [0.717, 1.165) is 42.9 Å². The van der Waals surface area contributed by atoms with Crippen LogP contribution in [0.25, 0.3) is 0 Å². The van der Waals surface area contributed by atoms with Crippen molar-refractivity contribution in [1.82, 2.24) is 4.90 Å². The molecule has 1 aromatic rings. The van der Waals surface area contributed by atoms with Crippen LogP contribution in [-0.2, 0) is 14.9 Å². The molecule has 0 amide bonds. The van der Waals surface area contributed by atoms with Crippen molar-refractivity contribution in [2.75, 3.05) is 19.9 Å². The van der Waals surface area contributed by atoms with Gasteiger partial charge in [-0.25, -0.2) is 0 Å². The fraction of sp³-hybridized carbons (Fsp3) is 0.650. The van der Waals surface area contributed by atoms with E-state index in [1.165, 1.54) is 0 Å². The minimum atomic E-state index is -0.512. The van der Waals surface area contributed by atoms with E-state index in [4.69, 9.17) is 14.2 Å². The number of ether oxygens (including phenoxy) is 3. The number of nitrogens with zero attached hydrogens (tertiary/aromatic N) is 1. The van der Waals surface area contributed by atoms with Crippen LogP contribution >= 0.6 is 0 Å². The van der Waals surface area contributed by atoms with Crippen LogP contribution < -0.4 is 9.47 Å². The first-order chi connectivity index (χ1) is 11.9. The second kappa shape index (κ2) is 7.24. The predicted molar refractivity (Wildman–Crippen MR) is 96.0 cm³/mol. The molecule has 2 aliphatic rings. The molecule has 0 unspecified atom stereocenters. The van der Waals surface area contributed by atoms with E-state index in [1.54, 1.807) is 0 Å². The highest BCUT2D eigenvalue weighted by Gasteiger charge is 2.47. The van der Waals surface area contributed by atoms with Gasteiger partial charge in [0.25, 0.3) is 0 Å². The van der Waals surface area contributed by atoms with Crippen LogP contribution in [0.1, 0.15) is 52.5 Å². The van der Waals surface area contributed by atoms with E-state index in [1.807, 2.05) is 18.2 Å². The highest BCUT2D eigenvalue weighted by molar-refractivity contribution is 5.84. The van der Waals surface area contributed by atoms with E-state index >= 15 is 0 Å². The number of fused-ring (bicyclic) bond motifs is 1. The third-order valence-corrected chi connectivity index (χ3v) is 5.43. The monoisotopic (exact) mass is 347 g/mol. The van der Waals surface area contributed by atoms with Gasteiger partial charge in [-0.2, -0.15) is 0 Å². The Morgan fingerprint density at radius 2 is 1.84 bits per heavy atom. The zero-order valence-corrected chi connectivity index (χ0v) is 15.7. The molecule has 5 heteroatoms. The third-order valence-electron chi connectivity index (χ3n) is 5.43. The minimum Gasteiger partial charge on any atom is -0.464 e. The van der Waals surface area contributed by atoms with Crippen molar-refractivity contribution in [3.63, 3.8) is 0 Å². The average Bonchev–Trinajstić information content (AvgIpc) is 2.97. The standard InChI is InChI=1S/C20H29NO4/c1-14(2)21(15(3)4)10-11-23-19(22)20(8-5-9-20)16-6-7-17-18(12-16)25-13-24-17/h6-7,12,14-15H,5,8-11,13H2,1-4H3. The zero-order valence-electron chi connectivity index (χ0n) is 15.7. The summed E-state index contributed by atoms with van der Waals surface area (Å²) in [5.74, 6) is 1.36. The number of benzene rings is 1. The molecule has 0 bridgehead atoms. The van der Waals surface area contributed by atoms with Crippen molar-refractivity contribution >= 4 is 5.97 Å². The van der Waals surface area contributed by atoms with Crippen LogP contribution in [0.5, 0.6) is 11.5 Å². The van der Waals surface area contributed by atoms with Crippen molar-refractivity contribution in [2.24, 2.45) is 0 Å². The molecule has 0 aromatic heterocycles. The SMILES string of the molecule is CC(C)N(CCOC(=O)C1(c2ccc3c(c2)OCO3)CCC1)C(C)C. The van der Waals surface area contributed by atoms with Crippen LogP contribution in [0.3, 0.4) is 0 Å². The van der Waals surface area contributed by atoms with Gasteiger partial charge in [-0.05, 0) is 58.2 Å². The summed E-state index contributed by atoms with van der Waals surface area (Å²) in [6.45, 7) is 10.1. The number of hydrogen-bond donors (Lipinski definition) is 0. The van der Waals surface area contributed by atoms with Crippen molar-refractivity contribution < 1.29 is 19.0 Å². The molecule has 0 saturated heterocycles. The Bertz CT molecular complexity index is 614. The molecule has 3 rings (SSSR count). The maximum Gasteiger partial charge on any atom is 0.316 e. The summed E-state index contributed by atoms with van der Waals surface area (Å²) in [6.07, 6.45) is 2.72. The summed E-state index contributed by atoms with van der Waals surface area (Å²) in [5, 5.41) is 0. The lowest BCUT2D eigenvalue weighted by Crippen LogP contribution is -2.45. The molecular weight excluding hydrogens is 318 g/mol. The highest BCUT2D eigenvalue weighted by Crippen LogP contribution is 2.47. The molecule has 138 valence electrons. The Balaban J connectivity index is 1.65. The smallest absolute Gasteiger partial charge is 0.316 e. The molecular formula is C20H29NO4. The van der Waals surface area contributed by atoms with Crippen molar-refractivity contribution in [2.45, 2.75) is 64.5 Å². The number of carbonyl (C=O) groups excluding carboxylic acids is 1. The predicted octanol–water partition coefficient (Wildman–Crippen LogP) is 3.50. The van der Waals surface area contributed by atoms with E-state index in [2.05, 4.69) is 32.6 Å². The van der Waals surface area contributed by atoms with Crippen LogP contribution in [0.2, 0.25) is 0 Å². The van der Waals surface area contributed by atoms with Gasteiger partial charge < -0.3 is 14.2 Å². The summed E-state index contributed by atoms with van der Waals surface area (Å²) < 4.78 is 16.5. The number of rotatable bonds is 7. The van der Waals surface area contributed by atoms with E-state index in [9.17, 15) is 4.79 Å². The van der Waals surface area contributed by atoms with Gasteiger partial charge >= 0.3 is 5.97 Å². The molecule has 0 atom stereocenters. The van der Waals surface area contributed by atoms with Crippen LogP contribution in [-0.4, -0.2) is 42.9 Å². The molecule has 5 nitrogen and oxygen atoms in total. The van der Waals surface area contributed by atoms with Gasteiger partial charge in [0.15, 0.2) is 11.5 Å². The average molecular weight is 347 g/mol. The molecule has 1 heterocycles. The Hall–Kier alpha value is -1.75. The molecule has 1 aromatic carbocycles. The normalized spacial score (nSPS) is 17.9. The van der Waals surface area contributed by atoms with Gasteiger partial charge in [0.05, 0.1) is 5.41 Å². The van der Waals surface area contributed by atoms with Crippen molar-refractivity contribution in [1.29, 1.82) is 0 Å². The summed E-state index contributed by atoms with van der Waals surface area (Å²) in [5.41, 5.74) is 0.471. The zero-order chi connectivity index (χ0) is 18.0. The number of hydrogen-bond acceptors (Lipinski definition) is 5. The third kappa shape index (κ3) is 3.47. The molecule has 0 spiro atoms. The summed E-state index contributed by atoms with van der Waals surface area (Å²) in [4.78, 5) is 15.2. The Morgan fingerprint density at radius 1 is 1.16 bits per heavy atom. The molecule has 0 radical (unpaired) electrons. The van der Waals surface area contributed by atoms with E-state index in [0.29, 0.717) is 18.7 Å². The van der Waals surface area contributed by atoms with Crippen LogP contribution in [0.15, 0.2) is 18.2 Å². The molecule has 1 fully saturated rings. The first-order valence-electron chi connectivity index (χ1n) is 9.27. The van der Waals surface area contributed by atoms with Gasteiger partial charge in [-0.15, -0.1) is 0 Å². The highest BCUT2D eigenvalue weighted by atomic mass is 16.7. The number of esters is 1. The summed E-state index contributed by atoms with van der Waals surface area (Å²) >= 11 is 0. The Labute approximate surface area is 150 Å². The van der Waals surface area contributed by atoms with E-state index in [-0.39, 0.29) is 12.8 Å². The molecule has 0 N–H and O–H groups in total. The Kier molecular flexibility index (Phi) is 5.23. The number of carbonyl (C=O) groups is 1. The molecule has 1 saturated carbocycles. The van der Waals surface area contributed by atoms with Crippen LogP contribution in [0.4, 0.5) is 0 Å². The van der Waals surface area contributed by atoms with E-state index < -0.39 is 5.41 Å². The first-order valence-corrected chi connectivity index (χ1v) is 9.27. The van der Waals surface area contributed by atoms with Gasteiger partial charge in [0.1, 0.15) is 6.61 Å². The quantitative estimate of drug-likeness (QED) is 0.707.